The fourth-order valence-electron chi connectivity index (χ4n) is 3.52. The molecular weight excluding hydrogens is 307 g/mol. The van der Waals surface area contributed by atoms with Crippen molar-refractivity contribution >= 4 is 14.1 Å². The molecule has 0 aromatic heterocycles. The van der Waals surface area contributed by atoms with Gasteiger partial charge in [0.1, 0.15) is 0 Å². The standard InChI is InChI=1S/3C6H13.C4H8O.Al/c3*1-3-5-6-4-2;1-2-4-5-3-1;/h3*1,3-6H2,2H3;1-4H2;. The number of hydrogen-bond acceptors (Lipinski definition) is 1. The Morgan fingerprint density at radius 2 is 0.917 bits per heavy atom. The number of hydrogen-bond donors (Lipinski definition) is 0. The van der Waals surface area contributed by atoms with E-state index in [1.165, 1.54) is 70.6 Å². The third kappa shape index (κ3) is 18.8. The number of ether oxygens (including phenoxy) is 1. The predicted octanol–water partition coefficient (Wildman–Crippen LogP) is 8.02. The summed E-state index contributed by atoms with van der Waals surface area (Å²) in [7, 11) is 0. The maximum atomic E-state index is 4.94. The molecule has 0 N–H and O–H groups in total. The van der Waals surface area contributed by atoms with Crippen molar-refractivity contribution in [1.29, 1.82) is 0 Å². The largest absolute Gasteiger partial charge is 0.381 e. The minimum atomic E-state index is -0.362. The Labute approximate surface area is 158 Å². The lowest BCUT2D eigenvalue weighted by Crippen LogP contribution is -2.11. The molecule has 0 aromatic rings. The van der Waals surface area contributed by atoms with Gasteiger partial charge in [0.15, 0.2) is 0 Å². The SMILES string of the molecule is C1CCOC1.CCCCC[CH2][Al]([CH2]CCCCC)[CH2]CCCCC. The van der Waals surface area contributed by atoms with Crippen molar-refractivity contribution in [3.63, 3.8) is 0 Å². The summed E-state index contributed by atoms with van der Waals surface area (Å²) in [6, 6.07) is 0. The molecule has 0 aromatic carbocycles. The van der Waals surface area contributed by atoms with Gasteiger partial charge in [0.25, 0.3) is 14.1 Å². The van der Waals surface area contributed by atoms with Crippen molar-refractivity contribution in [2.45, 2.75) is 127 Å². The van der Waals surface area contributed by atoms with Gasteiger partial charge in [0.05, 0.1) is 0 Å². The molecule has 1 nitrogen and oxygen atoms in total. The van der Waals surface area contributed by atoms with Crippen molar-refractivity contribution in [2.24, 2.45) is 0 Å². The van der Waals surface area contributed by atoms with Gasteiger partial charge in [0.2, 0.25) is 0 Å². The van der Waals surface area contributed by atoms with Gasteiger partial charge in [-0.2, -0.15) is 0 Å². The summed E-state index contributed by atoms with van der Waals surface area (Å²) in [6.07, 6.45) is 20.3. The predicted molar refractivity (Wildman–Crippen MR) is 113 cm³/mol. The molecule has 1 aliphatic rings. The lowest BCUT2D eigenvalue weighted by molar-refractivity contribution is 0.198. The highest BCUT2D eigenvalue weighted by atomic mass is 27.2. The molecule has 24 heavy (non-hydrogen) atoms. The first kappa shape index (κ1) is 24.5. The summed E-state index contributed by atoms with van der Waals surface area (Å²) in [5.41, 5.74) is 0. The summed E-state index contributed by atoms with van der Waals surface area (Å²) < 4.78 is 4.94. The lowest BCUT2D eigenvalue weighted by atomic mass is 10.2. The Morgan fingerprint density at radius 3 is 1.17 bits per heavy atom. The summed E-state index contributed by atoms with van der Waals surface area (Å²) in [6.45, 7) is 8.97. The molecule has 1 heterocycles. The molecule has 0 saturated carbocycles. The van der Waals surface area contributed by atoms with Crippen LogP contribution in [0.4, 0.5) is 0 Å². The van der Waals surface area contributed by atoms with Crippen molar-refractivity contribution in [3.8, 4) is 0 Å². The van der Waals surface area contributed by atoms with Crippen molar-refractivity contribution in [2.75, 3.05) is 13.2 Å². The third-order valence-corrected chi connectivity index (χ3v) is 8.90. The highest BCUT2D eigenvalue weighted by molar-refractivity contribution is 6.58. The molecule has 0 radical (unpaired) electrons. The molecular formula is C22H47AlO. The van der Waals surface area contributed by atoms with Gasteiger partial charge in [-0.05, 0) is 12.8 Å². The Hall–Kier alpha value is 0.492. The zero-order valence-electron chi connectivity index (χ0n) is 17.4. The van der Waals surface area contributed by atoms with Gasteiger partial charge >= 0.3 is 0 Å². The number of rotatable bonds is 15. The van der Waals surface area contributed by atoms with E-state index in [1.54, 1.807) is 35.1 Å². The highest BCUT2D eigenvalue weighted by Gasteiger charge is 2.15. The number of unbranched alkanes of at least 4 members (excludes halogenated alkanes) is 9. The third-order valence-electron chi connectivity index (χ3n) is 5.23. The fourth-order valence-corrected chi connectivity index (χ4v) is 6.99. The van der Waals surface area contributed by atoms with Crippen LogP contribution in [0.15, 0.2) is 0 Å². The van der Waals surface area contributed by atoms with Crippen LogP contribution in [-0.2, 0) is 4.74 Å². The molecule has 1 rings (SSSR count). The summed E-state index contributed by atoms with van der Waals surface area (Å²) >= 11 is -0.362. The molecule has 0 spiro atoms. The summed E-state index contributed by atoms with van der Waals surface area (Å²) in [5, 5.41) is 4.95. The van der Waals surface area contributed by atoms with E-state index in [4.69, 9.17) is 4.74 Å². The Bertz CT molecular complexity index is 180. The van der Waals surface area contributed by atoms with Gasteiger partial charge < -0.3 is 4.74 Å². The second-order valence-electron chi connectivity index (χ2n) is 7.73. The van der Waals surface area contributed by atoms with Gasteiger partial charge in [-0.15, -0.1) is 0 Å². The van der Waals surface area contributed by atoms with Crippen molar-refractivity contribution in [1.82, 2.24) is 0 Å². The van der Waals surface area contributed by atoms with E-state index >= 15 is 0 Å². The van der Waals surface area contributed by atoms with E-state index in [9.17, 15) is 0 Å². The quantitative estimate of drug-likeness (QED) is 0.214. The molecule has 1 aliphatic heterocycles. The van der Waals surface area contributed by atoms with Crippen LogP contribution < -0.4 is 0 Å². The molecule has 0 atom stereocenters. The lowest BCUT2D eigenvalue weighted by Gasteiger charge is -2.11. The van der Waals surface area contributed by atoms with Crippen molar-refractivity contribution in [3.05, 3.63) is 0 Å². The molecule has 0 amide bonds. The average Bonchev–Trinajstić information content (AvgIpc) is 3.18. The minimum Gasteiger partial charge on any atom is -0.381 e. The van der Waals surface area contributed by atoms with Crippen LogP contribution in [0.5, 0.6) is 0 Å². The smallest absolute Gasteiger partial charge is 0.261 e. The maximum absolute atomic E-state index is 4.94. The van der Waals surface area contributed by atoms with Gasteiger partial charge in [-0.25, -0.2) is 0 Å². The molecule has 1 saturated heterocycles. The monoisotopic (exact) mass is 354 g/mol. The van der Waals surface area contributed by atoms with Crippen LogP contribution in [0.2, 0.25) is 15.8 Å². The summed E-state index contributed by atoms with van der Waals surface area (Å²) in [5.74, 6) is 0. The summed E-state index contributed by atoms with van der Waals surface area (Å²) in [4.78, 5) is 0. The van der Waals surface area contributed by atoms with Crippen LogP contribution >= 0.6 is 0 Å². The Morgan fingerprint density at radius 1 is 0.542 bits per heavy atom. The van der Waals surface area contributed by atoms with Gasteiger partial charge in [0, 0.05) is 13.2 Å². The molecule has 2 heteroatoms. The first-order valence-electron chi connectivity index (χ1n) is 11.4. The Balaban J connectivity index is 0.000000889. The van der Waals surface area contributed by atoms with Crippen molar-refractivity contribution < 1.29 is 4.74 Å². The second-order valence-corrected chi connectivity index (χ2v) is 11.2. The first-order valence-corrected chi connectivity index (χ1v) is 13.9. The minimum absolute atomic E-state index is 0.362. The normalized spacial score (nSPS) is 13.6. The van der Waals surface area contributed by atoms with E-state index in [0.29, 0.717) is 0 Å². The van der Waals surface area contributed by atoms with E-state index in [0.717, 1.165) is 13.2 Å². The Kier molecular flexibility index (Phi) is 22.0. The maximum Gasteiger partial charge on any atom is 0.261 e. The van der Waals surface area contributed by atoms with Crippen LogP contribution in [0.3, 0.4) is 0 Å². The molecule has 0 bridgehead atoms. The van der Waals surface area contributed by atoms with Gasteiger partial charge in [-0.3, -0.25) is 0 Å². The van der Waals surface area contributed by atoms with Crippen LogP contribution in [-0.4, -0.2) is 27.4 Å². The first-order chi connectivity index (χ1) is 11.8. The van der Waals surface area contributed by atoms with Crippen LogP contribution in [0, 0.1) is 0 Å². The molecule has 0 aliphatic carbocycles. The average molecular weight is 355 g/mol. The van der Waals surface area contributed by atoms with E-state index < -0.39 is 0 Å². The molecule has 144 valence electrons. The van der Waals surface area contributed by atoms with E-state index in [2.05, 4.69) is 20.8 Å². The van der Waals surface area contributed by atoms with Crippen LogP contribution in [0.25, 0.3) is 0 Å². The highest BCUT2D eigenvalue weighted by Crippen LogP contribution is 2.19. The van der Waals surface area contributed by atoms with Crippen LogP contribution in [0.1, 0.15) is 111 Å². The van der Waals surface area contributed by atoms with Gasteiger partial charge in [-0.1, -0.05) is 114 Å². The second kappa shape index (κ2) is 21.5. The topological polar surface area (TPSA) is 9.23 Å². The van der Waals surface area contributed by atoms with E-state index in [-0.39, 0.29) is 14.1 Å². The molecule has 1 fully saturated rings. The fraction of sp³-hybridized carbons (Fsp3) is 1.00. The van der Waals surface area contributed by atoms with E-state index in [1.807, 2.05) is 0 Å². The zero-order valence-corrected chi connectivity index (χ0v) is 18.6. The zero-order chi connectivity index (χ0) is 17.7. The molecule has 0 unspecified atom stereocenters.